The molecule has 2 aromatic rings. The predicted octanol–water partition coefficient (Wildman–Crippen LogP) is 3.87. The Kier molecular flexibility index (Phi) is 6.26. The fourth-order valence-corrected chi connectivity index (χ4v) is 3.68. The van der Waals surface area contributed by atoms with Crippen molar-refractivity contribution >= 4 is 52.3 Å². The van der Waals surface area contributed by atoms with Crippen LogP contribution < -0.4 is 10.1 Å². The molecule has 1 fully saturated rings. The van der Waals surface area contributed by atoms with Crippen LogP contribution in [0.25, 0.3) is 0 Å². The molecular weight excluding hydrogens is 409 g/mol. The summed E-state index contributed by atoms with van der Waals surface area (Å²) >= 11 is 13.2. The first-order valence-corrected chi connectivity index (χ1v) is 9.49. The van der Waals surface area contributed by atoms with Crippen molar-refractivity contribution in [3.8, 4) is 11.5 Å². The lowest BCUT2D eigenvalue weighted by Crippen LogP contribution is -2.25. The van der Waals surface area contributed by atoms with Crippen LogP contribution in [0.1, 0.15) is 11.1 Å². The smallest absolute Gasteiger partial charge is 0.239 e. The third-order valence-corrected chi connectivity index (χ3v) is 5.55. The normalized spacial score (nSPS) is 18.3. The Labute approximate surface area is 170 Å². The maximum atomic E-state index is 12.1. The lowest BCUT2D eigenvalue weighted by Gasteiger charge is -2.06. The first kappa shape index (κ1) is 19.5. The van der Waals surface area contributed by atoms with Gasteiger partial charge in [0, 0.05) is 0 Å². The van der Waals surface area contributed by atoms with Crippen molar-refractivity contribution in [3.63, 3.8) is 0 Å². The minimum Gasteiger partial charge on any atom is -0.504 e. The van der Waals surface area contributed by atoms with Crippen LogP contribution in [0, 0.1) is 0 Å². The fourth-order valence-electron chi connectivity index (χ4n) is 2.39. The van der Waals surface area contributed by atoms with E-state index in [0.717, 1.165) is 5.56 Å². The average Bonchev–Trinajstić information content (AvgIpc) is 2.99. The largest absolute Gasteiger partial charge is 0.504 e. The lowest BCUT2D eigenvalue weighted by atomic mass is 10.1. The highest BCUT2D eigenvalue weighted by atomic mass is 35.5. The first-order valence-electron chi connectivity index (χ1n) is 7.85. The zero-order valence-corrected chi connectivity index (χ0v) is 16.5. The van der Waals surface area contributed by atoms with Crippen molar-refractivity contribution in [1.82, 2.24) is 5.32 Å². The van der Waals surface area contributed by atoms with E-state index in [0.29, 0.717) is 32.9 Å². The summed E-state index contributed by atoms with van der Waals surface area (Å²) in [6.07, 6.45) is 2.01. The highest BCUT2D eigenvalue weighted by Gasteiger charge is 2.30. The Morgan fingerprint density at radius 3 is 2.81 bits per heavy atom. The summed E-state index contributed by atoms with van der Waals surface area (Å²) < 4.78 is 5.04. The van der Waals surface area contributed by atoms with Crippen molar-refractivity contribution in [2.45, 2.75) is 11.7 Å². The molecule has 140 valence electrons. The van der Waals surface area contributed by atoms with E-state index in [1.54, 1.807) is 24.3 Å². The fraction of sp³-hybridized carbons (Fsp3) is 0.167. The number of hydrogen-bond acceptors (Lipinski definition) is 6. The highest BCUT2D eigenvalue weighted by Crippen LogP contribution is 2.28. The van der Waals surface area contributed by atoms with Crippen LogP contribution >= 0.6 is 35.0 Å². The zero-order chi connectivity index (χ0) is 19.4. The van der Waals surface area contributed by atoms with Gasteiger partial charge >= 0.3 is 0 Å². The number of methoxy groups -OCH3 is 1. The molecule has 27 heavy (non-hydrogen) atoms. The minimum atomic E-state index is -0.315. The summed E-state index contributed by atoms with van der Waals surface area (Å²) in [5.41, 5.74) is 1.62. The Balaban J connectivity index is 1.65. The van der Waals surface area contributed by atoms with Gasteiger partial charge in [0.1, 0.15) is 0 Å². The number of hydrogen-bond donors (Lipinski definition) is 2. The number of carbonyl (C=O) groups excluding carboxylic acids is 1. The van der Waals surface area contributed by atoms with Gasteiger partial charge in [0.15, 0.2) is 16.7 Å². The molecule has 0 aliphatic carbocycles. The Hall–Kier alpha value is -2.22. The molecule has 6 nitrogen and oxygen atoms in total. The van der Waals surface area contributed by atoms with Crippen molar-refractivity contribution < 1.29 is 14.6 Å². The van der Waals surface area contributed by atoms with E-state index < -0.39 is 0 Å². The summed E-state index contributed by atoms with van der Waals surface area (Å²) in [6, 6.07) is 10.1. The number of amidine groups is 1. The number of rotatable bonds is 5. The van der Waals surface area contributed by atoms with Crippen LogP contribution in [0.4, 0.5) is 0 Å². The van der Waals surface area contributed by atoms with Crippen LogP contribution in [-0.2, 0) is 11.2 Å². The molecule has 0 radical (unpaired) electrons. The second-order valence-electron chi connectivity index (χ2n) is 5.63. The molecule has 0 bridgehead atoms. The van der Waals surface area contributed by atoms with Gasteiger partial charge in [-0.3, -0.25) is 4.79 Å². The van der Waals surface area contributed by atoms with Crippen molar-refractivity contribution in [2.24, 2.45) is 10.2 Å². The van der Waals surface area contributed by atoms with Gasteiger partial charge in [-0.2, -0.15) is 5.10 Å². The van der Waals surface area contributed by atoms with Crippen LogP contribution in [0.3, 0.4) is 0 Å². The van der Waals surface area contributed by atoms with Crippen molar-refractivity contribution in [2.75, 3.05) is 7.11 Å². The van der Waals surface area contributed by atoms with Gasteiger partial charge in [-0.1, -0.05) is 41.0 Å². The van der Waals surface area contributed by atoms with E-state index >= 15 is 0 Å². The molecule has 3 rings (SSSR count). The summed E-state index contributed by atoms with van der Waals surface area (Å²) in [6.45, 7) is 0. The Morgan fingerprint density at radius 2 is 2.07 bits per heavy atom. The second-order valence-corrected chi connectivity index (χ2v) is 7.64. The Morgan fingerprint density at radius 1 is 1.26 bits per heavy atom. The number of ether oxygens (including phenoxy) is 1. The van der Waals surface area contributed by atoms with E-state index in [4.69, 9.17) is 27.9 Å². The van der Waals surface area contributed by atoms with Gasteiger partial charge in [0.05, 0.1) is 28.6 Å². The summed E-state index contributed by atoms with van der Waals surface area (Å²) in [4.78, 5) is 12.1. The number of phenols is 1. The maximum Gasteiger partial charge on any atom is 0.239 e. The van der Waals surface area contributed by atoms with E-state index in [9.17, 15) is 9.90 Å². The number of thioether (sulfide) groups is 1. The van der Waals surface area contributed by atoms with Gasteiger partial charge in [-0.15, -0.1) is 5.10 Å². The van der Waals surface area contributed by atoms with Crippen molar-refractivity contribution in [1.29, 1.82) is 0 Å². The number of nitrogens with zero attached hydrogens (tertiary/aromatic N) is 2. The molecule has 2 N–H and O–H groups in total. The molecule has 1 aliphatic rings. The topological polar surface area (TPSA) is 83.3 Å². The zero-order valence-electron chi connectivity index (χ0n) is 14.1. The van der Waals surface area contributed by atoms with Gasteiger partial charge in [-0.25, -0.2) is 0 Å². The first-order chi connectivity index (χ1) is 13.0. The molecule has 2 aromatic carbocycles. The summed E-state index contributed by atoms with van der Waals surface area (Å²) in [5.74, 6) is 0.257. The van der Waals surface area contributed by atoms with Crippen LogP contribution in [0.2, 0.25) is 10.0 Å². The Bertz CT molecular complexity index is 934. The van der Waals surface area contributed by atoms with E-state index in [-0.39, 0.29) is 16.9 Å². The van der Waals surface area contributed by atoms with Gasteiger partial charge < -0.3 is 15.2 Å². The number of carbonyl (C=O) groups is 1. The van der Waals surface area contributed by atoms with Crippen LogP contribution in [0.5, 0.6) is 11.5 Å². The maximum absolute atomic E-state index is 12.1. The monoisotopic (exact) mass is 423 g/mol. The molecular formula is C18H15Cl2N3O3S. The SMILES string of the molecule is COc1cc(/C=N/N=C2\NC(=O)C(Cc3ccc(Cl)c(Cl)c3)S2)ccc1O. The third kappa shape index (κ3) is 4.94. The molecule has 9 heteroatoms. The number of phenolic OH excluding ortho intramolecular Hbond substituents is 1. The molecule has 1 unspecified atom stereocenters. The molecule has 0 aromatic heterocycles. The van der Waals surface area contributed by atoms with E-state index in [2.05, 4.69) is 15.5 Å². The molecule has 1 heterocycles. The summed E-state index contributed by atoms with van der Waals surface area (Å²) in [7, 11) is 1.47. The van der Waals surface area contributed by atoms with Gasteiger partial charge in [0.2, 0.25) is 5.91 Å². The molecule has 1 amide bonds. The number of amides is 1. The molecule has 1 atom stereocenters. The number of halogens is 2. The molecule has 1 aliphatic heterocycles. The molecule has 1 saturated heterocycles. The minimum absolute atomic E-state index is 0.0460. The average molecular weight is 424 g/mol. The molecule has 0 spiro atoms. The van der Waals surface area contributed by atoms with Gasteiger partial charge in [0.25, 0.3) is 0 Å². The quantitative estimate of drug-likeness (QED) is 0.564. The van der Waals surface area contributed by atoms with Crippen LogP contribution in [-0.4, -0.2) is 34.8 Å². The standard InChI is InChI=1S/C18H15Cl2N3O3S/c1-26-15-7-11(3-5-14(15)24)9-21-23-18-22-17(25)16(27-18)8-10-2-4-12(19)13(20)6-10/h2-7,9,16,24H,8H2,1H3,(H,22,23,25)/b21-9+. The summed E-state index contributed by atoms with van der Waals surface area (Å²) in [5, 5.41) is 21.4. The second kappa shape index (κ2) is 8.65. The van der Waals surface area contributed by atoms with Crippen molar-refractivity contribution in [3.05, 3.63) is 57.6 Å². The highest BCUT2D eigenvalue weighted by molar-refractivity contribution is 8.15. The predicted molar refractivity (Wildman–Crippen MR) is 109 cm³/mol. The molecule has 0 saturated carbocycles. The third-order valence-electron chi connectivity index (χ3n) is 3.74. The van der Waals surface area contributed by atoms with E-state index in [1.807, 2.05) is 6.07 Å². The number of aromatic hydroxyl groups is 1. The van der Waals surface area contributed by atoms with Gasteiger partial charge in [-0.05, 0) is 47.9 Å². The lowest BCUT2D eigenvalue weighted by molar-refractivity contribution is -0.118. The van der Waals surface area contributed by atoms with E-state index in [1.165, 1.54) is 31.2 Å². The van der Waals surface area contributed by atoms with Crippen LogP contribution in [0.15, 0.2) is 46.6 Å². The number of nitrogens with one attached hydrogen (secondary N) is 1. The number of benzene rings is 2.